The second-order valence-corrected chi connectivity index (χ2v) is 9.65. The van der Waals surface area contributed by atoms with Crippen LogP contribution in [0, 0.1) is 0 Å². The zero-order chi connectivity index (χ0) is 24.9. The van der Waals surface area contributed by atoms with Crippen LogP contribution in [0.2, 0.25) is 0 Å². The summed E-state index contributed by atoms with van der Waals surface area (Å²) < 4.78 is 3.56. The maximum atomic E-state index is 13.1. The summed E-state index contributed by atoms with van der Waals surface area (Å²) in [5, 5.41) is 12.8. The lowest BCUT2D eigenvalue weighted by molar-refractivity contribution is -0.113. The Hall–Kier alpha value is -3.33. The fourth-order valence-corrected chi connectivity index (χ4v) is 4.99. The van der Waals surface area contributed by atoms with Gasteiger partial charge in [0.05, 0.1) is 16.7 Å². The minimum Gasteiger partial charge on any atom is -0.369 e. The molecule has 184 valence electrons. The Labute approximate surface area is 209 Å². The van der Waals surface area contributed by atoms with Crippen molar-refractivity contribution < 1.29 is 4.79 Å². The van der Waals surface area contributed by atoms with Gasteiger partial charge in [-0.15, -0.1) is 10.2 Å². The molecule has 1 N–H and O–H groups in total. The summed E-state index contributed by atoms with van der Waals surface area (Å²) in [6.07, 6.45) is 1.84. The van der Waals surface area contributed by atoms with Crippen molar-refractivity contribution in [3.05, 3.63) is 58.9 Å². The van der Waals surface area contributed by atoms with Gasteiger partial charge >= 0.3 is 0 Å². The van der Waals surface area contributed by atoms with Crippen LogP contribution in [0.3, 0.4) is 0 Å². The van der Waals surface area contributed by atoms with E-state index in [1.54, 1.807) is 4.57 Å². The minimum absolute atomic E-state index is 0.0641. The third kappa shape index (κ3) is 5.19. The highest BCUT2D eigenvalue weighted by Gasteiger charge is 2.17. The number of carbonyl (C=O) groups excluding carboxylic acids is 1. The number of unbranched alkanes of at least 4 members (excludes halogenated alkanes) is 1. The van der Waals surface area contributed by atoms with Gasteiger partial charge in [0.2, 0.25) is 11.7 Å². The average molecular weight is 493 g/mol. The van der Waals surface area contributed by atoms with Crippen LogP contribution in [0.25, 0.3) is 16.7 Å². The molecule has 8 nitrogen and oxygen atoms in total. The number of hydrogen-bond acceptors (Lipinski definition) is 6. The zero-order valence-corrected chi connectivity index (χ0v) is 21.5. The Morgan fingerprint density at radius 1 is 1.09 bits per heavy atom. The van der Waals surface area contributed by atoms with Crippen LogP contribution in [0.1, 0.15) is 40.5 Å². The number of hydrogen-bond donors (Lipinski definition) is 1. The maximum Gasteiger partial charge on any atom is 0.262 e. The smallest absolute Gasteiger partial charge is 0.262 e. The summed E-state index contributed by atoms with van der Waals surface area (Å²) in [4.78, 5) is 28.0. The van der Waals surface area contributed by atoms with E-state index in [9.17, 15) is 9.59 Å². The average Bonchev–Trinajstić information content (AvgIpc) is 3.28. The number of aromatic nitrogens is 4. The van der Waals surface area contributed by atoms with Crippen LogP contribution >= 0.6 is 11.8 Å². The molecule has 0 fully saturated rings. The number of anilines is 2. The molecular formula is C26H32N6O2S. The van der Waals surface area contributed by atoms with E-state index >= 15 is 0 Å². The number of carbonyl (C=O) groups is 1. The van der Waals surface area contributed by atoms with Crippen molar-refractivity contribution in [2.45, 2.75) is 58.3 Å². The van der Waals surface area contributed by atoms with Crippen LogP contribution in [0.4, 0.5) is 11.4 Å². The number of benzene rings is 2. The molecule has 0 radical (unpaired) electrons. The number of nitrogens with zero attached hydrogens (tertiary/aromatic N) is 5. The summed E-state index contributed by atoms with van der Waals surface area (Å²) in [6, 6.07) is 15.8. The number of thioether (sulfide) groups is 1. The molecule has 0 aliphatic heterocycles. The van der Waals surface area contributed by atoms with Gasteiger partial charge in [0.15, 0.2) is 5.16 Å². The van der Waals surface area contributed by atoms with Gasteiger partial charge in [-0.25, -0.2) is 0 Å². The van der Waals surface area contributed by atoms with Crippen LogP contribution in [-0.2, 0) is 11.3 Å². The van der Waals surface area contributed by atoms with E-state index in [4.69, 9.17) is 0 Å². The van der Waals surface area contributed by atoms with Crippen molar-refractivity contribution in [3.63, 3.8) is 0 Å². The van der Waals surface area contributed by atoms with Crippen molar-refractivity contribution in [2.24, 2.45) is 0 Å². The van der Waals surface area contributed by atoms with E-state index in [0.29, 0.717) is 28.9 Å². The monoisotopic (exact) mass is 492 g/mol. The number of aryl methyl sites for hydroxylation is 1. The molecule has 0 unspecified atom stereocenters. The third-order valence-corrected chi connectivity index (χ3v) is 6.92. The highest BCUT2D eigenvalue weighted by atomic mass is 32.2. The van der Waals surface area contributed by atoms with Crippen molar-refractivity contribution in [1.82, 2.24) is 19.2 Å². The van der Waals surface area contributed by atoms with Gasteiger partial charge in [0.25, 0.3) is 5.56 Å². The highest BCUT2D eigenvalue weighted by molar-refractivity contribution is 7.99. The molecule has 0 bridgehead atoms. The first-order valence-electron chi connectivity index (χ1n) is 12.1. The van der Waals surface area contributed by atoms with Gasteiger partial charge in [-0.05, 0) is 63.6 Å². The highest BCUT2D eigenvalue weighted by Crippen LogP contribution is 2.23. The molecule has 0 saturated carbocycles. The first-order valence-corrected chi connectivity index (χ1v) is 13.1. The van der Waals surface area contributed by atoms with Crippen LogP contribution < -0.4 is 15.8 Å². The molecule has 35 heavy (non-hydrogen) atoms. The lowest BCUT2D eigenvalue weighted by Gasteiger charge is -2.27. The Morgan fingerprint density at radius 2 is 1.83 bits per heavy atom. The van der Waals surface area contributed by atoms with Crippen molar-refractivity contribution in [2.75, 3.05) is 22.5 Å². The van der Waals surface area contributed by atoms with Gasteiger partial charge < -0.3 is 10.2 Å². The molecule has 0 aliphatic rings. The summed E-state index contributed by atoms with van der Waals surface area (Å²) in [5.41, 5.74) is 2.56. The lowest BCUT2D eigenvalue weighted by atomic mass is 10.2. The van der Waals surface area contributed by atoms with E-state index < -0.39 is 0 Å². The predicted molar refractivity (Wildman–Crippen MR) is 144 cm³/mol. The van der Waals surface area contributed by atoms with Crippen molar-refractivity contribution >= 4 is 45.7 Å². The zero-order valence-electron chi connectivity index (χ0n) is 20.7. The van der Waals surface area contributed by atoms with Gasteiger partial charge in [-0.2, -0.15) is 0 Å². The molecule has 1 amide bonds. The summed E-state index contributed by atoms with van der Waals surface area (Å²) >= 11 is 1.31. The van der Waals surface area contributed by atoms with Crippen LogP contribution in [0.5, 0.6) is 0 Å². The molecule has 2 aromatic heterocycles. The number of rotatable bonds is 10. The Kier molecular flexibility index (Phi) is 7.75. The molecule has 2 heterocycles. The summed E-state index contributed by atoms with van der Waals surface area (Å²) in [6.45, 7) is 10.1. The first-order chi connectivity index (χ1) is 16.9. The van der Waals surface area contributed by atoms with Crippen LogP contribution in [-0.4, -0.2) is 43.4 Å². The maximum absolute atomic E-state index is 13.1. The molecule has 0 aliphatic carbocycles. The quantitative estimate of drug-likeness (QED) is 0.320. The molecule has 9 heteroatoms. The van der Waals surface area contributed by atoms with Crippen LogP contribution in [0.15, 0.2) is 58.5 Å². The van der Waals surface area contributed by atoms with Gasteiger partial charge in [0.1, 0.15) is 0 Å². The number of fused-ring (bicyclic) bond motifs is 3. The number of nitrogens with one attached hydrogen (secondary N) is 1. The standard InChI is InChI=1S/C26H32N6O2S/c1-5-7-16-31-24(34)21-10-8-9-11-22(21)32-25(31)28-29-26(32)35-17-23(33)27-19-12-14-20(15-13-19)30(6-2)18(3)4/h8-15,18H,5-7,16-17H2,1-4H3,(H,27,33). The molecule has 2 aromatic carbocycles. The van der Waals surface area contributed by atoms with E-state index in [0.717, 1.165) is 36.3 Å². The molecular weight excluding hydrogens is 460 g/mol. The summed E-state index contributed by atoms with van der Waals surface area (Å²) in [7, 11) is 0. The first kappa shape index (κ1) is 24.8. The SMILES string of the molecule is CCCCn1c(=O)c2ccccc2n2c(SCC(=O)Nc3ccc(N(CC)C(C)C)cc3)nnc12. The van der Waals surface area contributed by atoms with E-state index in [2.05, 4.69) is 48.1 Å². The lowest BCUT2D eigenvalue weighted by Crippen LogP contribution is -2.30. The normalized spacial score (nSPS) is 11.5. The number of para-hydroxylation sites is 1. The van der Waals surface area contributed by atoms with Crippen molar-refractivity contribution in [1.29, 1.82) is 0 Å². The molecule has 4 aromatic rings. The Morgan fingerprint density at radius 3 is 2.51 bits per heavy atom. The number of amides is 1. The van der Waals surface area contributed by atoms with E-state index in [-0.39, 0.29) is 17.2 Å². The second-order valence-electron chi connectivity index (χ2n) is 8.71. The predicted octanol–water partition coefficient (Wildman–Crippen LogP) is 4.81. The second kappa shape index (κ2) is 10.9. The van der Waals surface area contributed by atoms with E-state index in [1.807, 2.05) is 52.9 Å². The van der Waals surface area contributed by atoms with Gasteiger partial charge in [-0.1, -0.05) is 37.2 Å². The Bertz CT molecular complexity index is 1380. The molecule has 0 atom stereocenters. The Balaban J connectivity index is 1.53. The third-order valence-electron chi connectivity index (χ3n) is 5.99. The molecule has 0 saturated heterocycles. The van der Waals surface area contributed by atoms with Gasteiger partial charge in [-0.3, -0.25) is 18.6 Å². The fourth-order valence-electron chi connectivity index (χ4n) is 4.25. The molecule has 4 rings (SSSR count). The topological polar surface area (TPSA) is 84.5 Å². The fraction of sp³-hybridized carbons (Fsp3) is 0.385. The van der Waals surface area contributed by atoms with Gasteiger partial charge in [0, 0.05) is 30.5 Å². The minimum atomic E-state index is -0.126. The van der Waals surface area contributed by atoms with Crippen molar-refractivity contribution in [3.8, 4) is 0 Å². The summed E-state index contributed by atoms with van der Waals surface area (Å²) in [5.74, 6) is 0.559. The largest absolute Gasteiger partial charge is 0.369 e. The molecule has 0 spiro atoms. The van der Waals surface area contributed by atoms with E-state index in [1.165, 1.54) is 11.8 Å².